The molecule has 228 valence electrons. The molecule has 43 heavy (non-hydrogen) atoms. The van der Waals surface area contributed by atoms with E-state index in [0.717, 1.165) is 11.1 Å². The van der Waals surface area contributed by atoms with Crippen LogP contribution in [0.15, 0.2) is 76.6 Å². The second-order valence-electron chi connectivity index (χ2n) is 10.6. The van der Waals surface area contributed by atoms with Crippen molar-refractivity contribution in [1.82, 2.24) is 9.62 Å². The number of furan rings is 1. The van der Waals surface area contributed by atoms with Gasteiger partial charge in [0.1, 0.15) is 23.4 Å². The first-order chi connectivity index (χ1) is 20.4. The van der Waals surface area contributed by atoms with E-state index < -0.39 is 26.6 Å². The summed E-state index contributed by atoms with van der Waals surface area (Å²) < 4.78 is 66.7. The van der Waals surface area contributed by atoms with Crippen molar-refractivity contribution in [1.29, 1.82) is 0 Å². The van der Waals surface area contributed by atoms with E-state index in [2.05, 4.69) is 5.32 Å². The van der Waals surface area contributed by atoms with Crippen molar-refractivity contribution >= 4 is 49.4 Å². The minimum absolute atomic E-state index is 0.202. The Morgan fingerprint density at radius 3 is 2.47 bits per heavy atom. The molecule has 0 spiro atoms. The number of sulfonamides is 1. The molecule has 1 aliphatic rings. The van der Waals surface area contributed by atoms with Gasteiger partial charge in [0.15, 0.2) is 0 Å². The SMILES string of the molecule is CNC(=O)c1c(-c2ccc(F)cc2)oc2cc(N(C)S(C)([OH2+])[OH2+])c([C@H]3CCCN(S(=O)(=O)/C=C/c4ccccc4)C3)cc12. The lowest BCUT2D eigenvalue weighted by Crippen LogP contribution is -2.38. The number of hydrogen-bond acceptors (Lipinski definition) is 5. The quantitative estimate of drug-likeness (QED) is 0.279. The molecule has 1 aliphatic heterocycles. The van der Waals surface area contributed by atoms with Gasteiger partial charge in [0.2, 0.25) is 10.0 Å². The van der Waals surface area contributed by atoms with Crippen LogP contribution < -0.4 is 9.62 Å². The van der Waals surface area contributed by atoms with Crippen LogP contribution in [0.2, 0.25) is 0 Å². The first kappa shape index (κ1) is 30.8. The van der Waals surface area contributed by atoms with Gasteiger partial charge in [-0.2, -0.15) is 4.31 Å². The van der Waals surface area contributed by atoms with E-state index >= 15 is 0 Å². The van der Waals surface area contributed by atoms with Gasteiger partial charge < -0.3 is 9.73 Å². The maximum Gasteiger partial charge on any atom is 0.255 e. The van der Waals surface area contributed by atoms with Crippen molar-refractivity contribution in [2.75, 3.05) is 37.7 Å². The minimum Gasteiger partial charge on any atom is -0.455 e. The Bertz CT molecular complexity index is 1770. The van der Waals surface area contributed by atoms with Crippen LogP contribution >= 0.6 is 10.8 Å². The first-order valence-electron chi connectivity index (χ1n) is 13.7. The van der Waals surface area contributed by atoms with Crippen molar-refractivity contribution in [3.8, 4) is 11.3 Å². The number of rotatable bonds is 8. The molecule has 1 saturated heterocycles. The highest BCUT2D eigenvalue weighted by molar-refractivity contribution is 8.24. The van der Waals surface area contributed by atoms with Crippen molar-refractivity contribution < 1.29 is 31.1 Å². The number of nitrogens with zero attached hydrogens (tertiary/aromatic N) is 2. The standard InChI is InChI=1S/C31H34FN3O6S2/c1-33-31(36)29-26-18-25(23-10-7-16-35(20-23)43(39,40)17-15-21-8-5-4-6-9-21)27(34(2)42(3,37)38)19-28(26)41-30(29)22-11-13-24(32)14-12-22/h4-6,8-9,11-15,17-19,23,37-38H,7,10,16,20H2,1-3H3,(H,33,36)/p+2/b17-15+/t23-/m0/s1. The second kappa shape index (κ2) is 12.1. The van der Waals surface area contributed by atoms with Gasteiger partial charge in [-0.3, -0.25) is 13.9 Å². The van der Waals surface area contributed by atoms with Crippen LogP contribution in [0.1, 0.15) is 40.2 Å². The van der Waals surface area contributed by atoms with Gasteiger partial charge in [-0.25, -0.2) is 17.1 Å². The minimum atomic E-state index is -3.73. The number of hydrogen-bond donors (Lipinski definition) is 1. The molecule has 12 heteroatoms. The number of benzene rings is 3. The van der Waals surface area contributed by atoms with E-state index in [9.17, 15) is 17.6 Å². The molecule has 0 unspecified atom stereocenters. The lowest BCUT2D eigenvalue weighted by Gasteiger charge is -2.36. The zero-order valence-corrected chi connectivity index (χ0v) is 25.8. The molecule has 1 atom stereocenters. The van der Waals surface area contributed by atoms with E-state index in [1.165, 1.54) is 47.3 Å². The van der Waals surface area contributed by atoms with Crippen molar-refractivity contribution in [2.45, 2.75) is 18.8 Å². The van der Waals surface area contributed by atoms with Crippen LogP contribution in [-0.4, -0.2) is 61.2 Å². The fourth-order valence-corrected chi connectivity index (χ4v) is 7.17. The normalized spacial score (nSPS) is 16.9. The average Bonchev–Trinajstić information content (AvgIpc) is 3.37. The third-order valence-electron chi connectivity index (χ3n) is 7.70. The van der Waals surface area contributed by atoms with Crippen LogP contribution in [0.4, 0.5) is 10.1 Å². The van der Waals surface area contributed by atoms with Crippen LogP contribution in [0.25, 0.3) is 28.4 Å². The zero-order chi connectivity index (χ0) is 30.9. The number of anilines is 1. The molecule has 9 nitrogen and oxygen atoms in total. The number of nitrogens with one attached hydrogen (secondary N) is 1. The average molecular weight is 630 g/mol. The highest BCUT2D eigenvalue weighted by atomic mass is 32.3. The van der Waals surface area contributed by atoms with Gasteiger partial charge in [0.05, 0.1) is 22.0 Å². The Hall–Kier alpha value is -3.68. The predicted molar refractivity (Wildman–Crippen MR) is 172 cm³/mol. The summed E-state index contributed by atoms with van der Waals surface area (Å²) in [5, 5.41) is 4.40. The largest absolute Gasteiger partial charge is 0.455 e. The van der Waals surface area contributed by atoms with Gasteiger partial charge in [-0.1, -0.05) is 30.3 Å². The molecule has 1 amide bonds. The molecule has 1 aromatic heterocycles. The lowest BCUT2D eigenvalue weighted by molar-refractivity contribution is 0.0964. The maximum atomic E-state index is 13.7. The molecule has 3 aromatic carbocycles. The van der Waals surface area contributed by atoms with Crippen LogP contribution in [0.3, 0.4) is 0 Å². The third kappa shape index (κ3) is 6.48. The summed E-state index contributed by atoms with van der Waals surface area (Å²) in [5.41, 5.74) is 3.25. The van der Waals surface area contributed by atoms with Gasteiger partial charge in [0, 0.05) is 49.6 Å². The predicted octanol–water partition coefficient (Wildman–Crippen LogP) is 4.84. The van der Waals surface area contributed by atoms with E-state index in [1.807, 2.05) is 36.4 Å². The van der Waals surface area contributed by atoms with Crippen molar-refractivity contribution in [2.24, 2.45) is 0 Å². The van der Waals surface area contributed by atoms with E-state index in [-0.39, 0.29) is 29.7 Å². The number of halogens is 1. The molecular weight excluding hydrogens is 593 g/mol. The zero-order valence-electron chi connectivity index (χ0n) is 24.1. The topological polar surface area (TPSA) is 129 Å². The first-order valence-corrected chi connectivity index (χ1v) is 17.2. The molecule has 4 aromatic rings. The Balaban J connectivity index is 1.62. The maximum absolute atomic E-state index is 13.7. The lowest BCUT2D eigenvalue weighted by atomic mass is 9.89. The molecule has 5 rings (SSSR count). The fourth-order valence-electron chi connectivity index (χ4n) is 5.34. The second-order valence-corrected chi connectivity index (χ2v) is 14.7. The molecule has 5 N–H and O–H groups in total. The van der Waals surface area contributed by atoms with Gasteiger partial charge >= 0.3 is 0 Å². The summed E-state index contributed by atoms with van der Waals surface area (Å²) in [6, 6.07) is 18.4. The van der Waals surface area contributed by atoms with Gasteiger partial charge in [-0.05, 0) is 66.3 Å². The summed E-state index contributed by atoms with van der Waals surface area (Å²) >= 11 is 0. The summed E-state index contributed by atoms with van der Waals surface area (Å²) in [5.74, 6) is -0.804. The summed E-state index contributed by atoms with van der Waals surface area (Å²) in [7, 11) is -3.27. The van der Waals surface area contributed by atoms with Gasteiger partial charge in [-0.15, -0.1) is 0 Å². The Morgan fingerprint density at radius 1 is 1.12 bits per heavy atom. The number of amides is 1. The van der Waals surface area contributed by atoms with E-state index in [4.69, 9.17) is 13.5 Å². The van der Waals surface area contributed by atoms with Crippen molar-refractivity contribution in [3.63, 3.8) is 0 Å². The van der Waals surface area contributed by atoms with E-state index in [1.54, 1.807) is 23.5 Å². The van der Waals surface area contributed by atoms with Gasteiger partial charge in [0.25, 0.3) is 5.91 Å². The van der Waals surface area contributed by atoms with Crippen LogP contribution in [0.5, 0.6) is 0 Å². The summed E-state index contributed by atoms with van der Waals surface area (Å²) in [6.07, 6.45) is 4.40. The highest BCUT2D eigenvalue weighted by Crippen LogP contribution is 2.48. The van der Waals surface area contributed by atoms with E-state index in [0.29, 0.717) is 41.6 Å². The van der Waals surface area contributed by atoms with Crippen LogP contribution in [0, 0.1) is 5.82 Å². The summed E-state index contributed by atoms with van der Waals surface area (Å²) in [6.45, 7) is 0.572. The molecule has 2 heterocycles. The van der Waals surface area contributed by atoms with Crippen molar-refractivity contribution in [3.05, 3.63) is 94.6 Å². The molecule has 1 fully saturated rings. The highest BCUT2D eigenvalue weighted by Gasteiger charge is 2.34. The Kier molecular flexibility index (Phi) is 8.68. The number of carbonyl (C=O) groups is 1. The smallest absolute Gasteiger partial charge is 0.255 e. The Morgan fingerprint density at radius 2 is 1.81 bits per heavy atom. The Labute approximate surface area is 252 Å². The fraction of sp³-hybridized carbons (Fsp3) is 0.258. The number of piperidine rings is 1. The molecule has 0 saturated carbocycles. The third-order valence-corrected chi connectivity index (χ3v) is 10.5. The van der Waals surface area contributed by atoms with Crippen LogP contribution in [-0.2, 0) is 10.0 Å². The molecular formula is C31H36FN3O6S2+2. The number of fused-ring (bicyclic) bond motifs is 1. The monoisotopic (exact) mass is 629 g/mol. The molecule has 0 radical (unpaired) electrons. The molecule has 0 bridgehead atoms. The number of carbonyl (C=O) groups excluding carboxylic acids is 1. The molecule has 0 aliphatic carbocycles. The summed E-state index contributed by atoms with van der Waals surface area (Å²) in [4.78, 5) is 13.2.